The highest BCUT2D eigenvalue weighted by molar-refractivity contribution is 7.13. The summed E-state index contributed by atoms with van der Waals surface area (Å²) in [5.74, 6) is -0.0400. The molecule has 0 unspecified atom stereocenters. The van der Waals surface area contributed by atoms with Gasteiger partial charge in [0.25, 0.3) is 0 Å². The largest absolute Gasteiger partial charge is 0.494 e. The normalized spacial score (nSPS) is 10.1. The molecule has 14 heavy (non-hydrogen) atoms. The van der Waals surface area contributed by atoms with E-state index >= 15 is 0 Å². The molecule has 0 aliphatic rings. The third kappa shape index (κ3) is 1.51. The minimum atomic E-state index is -0.314. The summed E-state index contributed by atoms with van der Waals surface area (Å²) in [6.07, 6.45) is 0. The van der Waals surface area contributed by atoms with E-state index in [4.69, 9.17) is 4.74 Å². The van der Waals surface area contributed by atoms with E-state index in [1.165, 1.54) is 18.4 Å². The van der Waals surface area contributed by atoms with Gasteiger partial charge in [0.15, 0.2) is 11.6 Å². The molecule has 1 radical (unpaired) electrons. The van der Waals surface area contributed by atoms with Gasteiger partial charge in [0.1, 0.15) is 0 Å². The highest BCUT2D eigenvalue weighted by Gasteiger charge is 2.10. The Balaban J connectivity index is 2.54. The number of hydrogen-bond donors (Lipinski definition) is 0. The van der Waals surface area contributed by atoms with Gasteiger partial charge >= 0.3 is 0 Å². The zero-order valence-corrected chi connectivity index (χ0v) is 8.40. The Bertz CT molecular complexity index is 423. The fraction of sp³-hybridized carbons (Fsp3) is 0.0909. The van der Waals surface area contributed by atoms with Gasteiger partial charge < -0.3 is 4.74 Å². The number of methoxy groups -OCH3 is 1. The predicted octanol–water partition coefficient (Wildman–Crippen LogP) is 3.36. The molecule has 0 spiro atoms. The maximum absolute atomic E-state index is 13.7. The first-order chi connectivity index (χ1) is 6.83. The first kappa shape index (κ1) is 9.21. The summed E-state index contributed by atoms with van der Waals surface area (Å²) in [5.41, 5.74) is 0.565. The maximum Gasteiger partial charge on any atom is 0.173 e. The van der Waals surface area contributed by atoms with Gasteiger partial charge in [-0.3, -0.25) is 0 Å². The summed E-state index contributed by atoms with van der Waals surface area (Å²) in [6.45, 7) is 0. The number of thiophene rings is 1. The Morgan fingerprint density at radius 3 is 2.86 bits per heavy atom. The zero-order valence-electron chi connectivity index (χ0n) is 7.58. The van der Waals surface area contributed by atoms with Crippen LogP contribution in [0.15, 0.2) is 30.3 Å². The molecule has 2 rings (SSSR count). The molecule has 0 bridgehead atoms. The van der Waals surface area contributed by atoms with E-state index < -0.39 is 0 Å². The first-order valence-corrected chi connectivity index (χ1v) is 4.93. The number of hydrogen-bond acceptors (Lipinski definition) is 2. The molecule has 3 heteroatoms. The Labute approximate surface area is 85.8 Å². The summed E-state index contributed by atoms with van der Waals surface area (Å²) in [5, 5.41) is 2.93. The molecule has 0 saturated heterocycles. The van der Waals surface area contributed by atoms with Crippen molar-refractivity contribution in [1.82, 2.24) is 0 Å². The Hall–Kier alpha value is -1.35. The van der Waals surface area contributed by atoms with Crippen molar-refractivity contribution in [2.24, 2.45) is 0 Å². The molecule has 0 N–H and O–H groups in total. The van der Waals surface area contributed by atoms with E-state index in [1.807, 2.05) is 6.07 Å². The molecular formula is C11H8FOS. The second kappa shape index (κ2) is 3.80. The maximum atomic E-state index is 13.7. The van der Waals surface area contributed by atoms with Gasteiger partial charge in [-0.1, -0.05) is 12.1 Å². The highest BCUT2D eigenvalue weighted by atomic mass is 32.1. The van der Waals surface area contributed by atoms with Crippen molar-refractivity contribution in [2.75, 3.05) is 7.11 Å². The van der Waals surface area contributed by atoms with Gasteiger partial charge in [0.05, 0.1) is 7.11 Å². The van der Waals surface area contributed by atoms with Crippen molar-refractivity contribution in [2.45, 2.75) is 0 Å². The average molecular weight is 207 g/mol. The molecule has 0 saturated carbocycles. The minimum absolute atomic E-state index is 0.274. The summed E-state index contributed by atoms with van der Waals surface area (Å²) in [7, 11) is 1.46. The number of ether oxygens (including phenoxy) is 1. The molecule has 0 atom stereocenters. The second-order valence-corrected chi connectivity index (χ2v) is 3.62. The smallest absolute Gasteiger partial charge is 0.173 e. The lowest BCUT2D eigenvalue weighted by atomic mass is 10.1. The van der Waals surface area contributed by atoms with E-state index in [2.05, 4.69) is 5.38 Å². The lowest BCUT2D eigenvalue weighted by Gasteiger charge is -2.04. The molecule has 0 aliphatic carbocycles. The van der Waals surface area contributed by atoms with Gasteiger partial charge in [-0.05, 0) is 18.2 Å². The average Bonchev–Trinajstić information content (AvgIpc) is 2.71. The Morgan fingerprint density at radius 1 is 1.36 bits per heavy atom. The van der Waals surface area contributed by atoms with Crippen LogP contribution in [-0.2, 0) is 0 Å². The van der Waals surface area contributed by atoms with Gasteiger partial charge in [-0.25, -0.2) is 4.39 Å². The van der Waals surface area contributed by atoms with Crippen LogP contribution in [0.3, 0.4) is 0 Å². The molecule has 1 nitrogen and oxygen atoms in total. The molecule has 2 aromatic rings. The SMILES string of the molecule is COc1cccc(-c2cc[c]s2)c1F. The van der Waals surface area contributed by atoms with Crippen LogP contribution in [-0.4, -0.2) is 7.11 Å². The van der Waals surface area contributed by atoms with E-state index in [-0.39, 0.29) is 11.6 Å². The van der Waals surface area contributed by atoms with Crippen LogP contribution in [0, 0.1) is 11.2 Å². The fourth-order valence-corrected chi connectivity index (χ4v) is 1.91. The van der Waals surface area contributed by atoms with E-state index in [0.29, 0.717) is 5.56 Å². The van der Waals surface area contributed by atoms with Crippen molar-refractivity contribution in [3.05, 3.63) is 41.5 Å². The van der Waals surface area contributed by atoms with Crippen LogP contribution >= 0.6 is 11.3 Å². The highest BCUT2D eigenvalue weighted by Crippen LogP contribution is 2.31. The van der Waals surface area contributed by atoms with Crippen molar-refractivity contribution in [1.29, 1.82) is 0 Å². The summed E-state index contributed by atoms with van der Waals surface area (Å²) in [6, 6.07) is 8.73. The van der Waals surface area contributed by atoms with Gasteiger partial charge in [-0.15, -0.1) is 11.3 Å². The van der Waals surface area contributed by atoms with Gasteiger partial charge in [-0.2, -0.15) is 0 Å². The fourth-order valence-electron chi connectivity index (χ4n) is 1.24. The van der Waals surface area contributed by atoms with Gasteiger partial charge in [0, 0.05) is 15.8 Å². The number of rotatable bonds is 2. The Morgan fingerprint density at radius 2 is 2.21 bits per heavy atom. The molecular weight excluding hydrogens is 199 g/mol. The number of halogens is 1. The first-order valence-electron chi connectivity index (χ1n) is 4.11. The molecule has 0 aliphatic heterocycles. The van der Waals surface area contributed by atoms with Crippen molar-refractivity contribution in [3.63, 3.8) is 0 Å². The monoisotopic (exact) mass is 207 g/mol. The third-order valence-electron chi connectivity index (χ3n) is 1.92. The Kier molecular flexibility index (Phi) is 2.50. The molecule has 1 aromatic heterocycles. The lowest BCUT2D eigenvalue weighted by Crippen LogP contribution is -1.89. The van der Waals surface area contributed by atoms with Crippen molar-refractivity contribution >= 4 is 11.3 Å². The van der Waals surface area contributed by atoms with Crippen LogP contribution in [0.5, 0.6) is 5.75 Å². The van der Waals surface area contributed by atoms with Crippen LogP contribution in [0.25, 0.3) is 10.4 Å². The molecule has 1 aromatic carbocycles. The second-order valence-electron chi connectivity index (χ2n) is 2.74. The third-order valence-corrected chi connectivity index (χ3v) is 2.75. The van der Waals surface area contributed by atoms with E-state index in [1.54, 1.807) is 24.3 Å². The lowest BCUT2D eigenvalue weighted by molar-refractivity contribution is 0.387. The predicted molar refractivity (Wildman–Crippen MR) is 55.1 cm³/mol. The van der Waals surface area contributed by atoms with E-state index in [9.17, 15) is 4.39 Å². The molecule has 0 fully saturated rings. The van der Waals surface area contributed by atoms with Crippen molar-refractivity contribution in [3.8, 4) is 16.2 Å². The van der Waals surface area contributed by atoms with Crippen LogP contribution in [0.1, 0.15) is 0 Å². The quantitative estimate of drug-likeness (QED) is 0.733. The van der Waals surface area contributed by atoms with Crippen LogP contribution < -0.4 is 4.74 Å². The summed E-state index contributed by atoms with van der Waals surface area (Å²) >= 11 is 1.39. The number of benzene rings is 1. The topological polar surface area (TPSA) is 9.23 Å². The van der Waals surface area contributed by atoms with Gasteiger partial charge in [0.2, 0.25) is 0 Å². The van der Waals surface area contributed by atoms with Crippen LogP contribution in [0.2, 0.25) is 0 Å². The molecule has 1 heterocycles. The van der Waals surface area contributed by atoms with Crippen LogP contribution in [0.4, 0.5) is 4.39 Å². The zero-order chi connectivity index (χ0) is 9.97. The minimum Gasteiger partial charge on any atom is -0.494 e. The molecule has 0 amide bonds. The summed E-state index contributed by atoms with van der Waals surface area (Å²) < 4.78 is 18.6. The molecule has 71 valence electrons. The van der Waals surface area contributed by atoms with Crippen molar-refractivity contribution < 1.29 is 9.13 Å². The van der Waals surface area contributed by atoms with E-state index in [0.717, 1.165) is 4.88 Å². The standard InChI is InChI=1S/C11H8FOS/c1-13-9-5-2-4-8(11(9)12)10-6-3-7-14-10/h2-6H,1H3. The summed E-state index contributed by atoms with van der Waals surface area (Å²) in [4.78, 5) is 0.862.